The first-order valence-electron chi connectivity index (χ1n) is 7.48. The maximum absolute atomic E-state index is 12.9. The number of rotatable bonds is 5. The van der Waals surface area contributed by atoms with Crippen LogP contribution in [0.15, 0.2) is 49.2 Å². The van der Waals surface area contributed by atoms with Gasteiger partial charge in [-0.2, -0.15) is 13.2 Å². The average Bonchev–Trinajstić information content (AvgIpc) is 3.13. The van der Waals surface area contributed by atoms with E-state index in [1.165, 1.54) is 0 Å². The monoisotopic (exact) mass is 397 g/mol. The molecule has 0 amide bonds. The van der Waals surface area contributed by atoms with Crippen LogP contribution in [-0.2, 0) is 12.7 Å². The van der Waals surface area contributed by atoms with Crippen LogP contribution in [0.3, 0.4) is 0 Å². The molecule has 0 saturated heterocycles. The minimum absolute atomic E-state index is 0.112. The van der Waals surface area contributed by atoms with E-state index in [2.05, 4.69) is 15.3 Å². The first kappa shape index (κ1) is 18.6. The lowest BCUT2D eigenvalue weighted by atomic mass is 10.1. The molecule has 0 radical (unpaired) electrons. The van der Waals surface area contributed by atoms with Gasteiger partial charge < -0.3 is 5.32 Å². The van der Waals surface area contributed by atoms with E-state index < -0.39 is 27.4 Å². The molecular formula is C16H11ClF3N5O2. The van der Waals surface area contributed by atoms with Crippen molar-refractivity contribution in [1.82, 2.24) is 14.5 Å². The van der Waals surface area contributed by atoms with Gasteiger partial charge in [-0.05, 0) is 23.8 Å². The van der Waals surface area contributed by atoms with Crippen LogP contribution < -0.4 is 5.32 Å². The van der Waals surface area contributed by atoms with E-state index in [1.807, 2.05) is 0 Å². The number of nitro groups is 1. The molecule has 0 unspecified atom stereocenters. The van der Waals surface area contributed by atoms with Crippen molar-refractivity contribution in [2.45, 2.75) is 12.7 Å². The topological polar surface area (TPSA) is 85.9 Å². The minimum Gasteiger partial charge on any atom is -0.375 e. The average molecular weight is 398 g/mol. The smallest absolute Gasteiger partial charge is 0.375 e. The van der Waals surface area contributed by atoms with Crippen LogP contribution in [0, 0.1) is 10.1 Å². The molecule has 0 bridgehead atoms. The number of hydrogen-bond donors (Lipinski definition) is 1. The third kappa shape index (κ3) is 4.17. The van der Waals surface area contributed by atoms with Crippen LogP contribution in [0.25, 0.3) is 5.82 Å². The Morgan fingerprint density at radius 3 is 2.67 bits per heavy atom. The van der Waals surface area contributed by atoms with Gasteiger partial charge in [0.1, 0.15) is 17.8 Å². The van der Waals surface area contributed by atoms with E-state index in [0.717, 1.165) is 6.07 Å². The van der Waals surface area contributed by atoms with Gasteiger partial charge in [0, 0.05) is 31.2 Å². The van der Waals surface area contributed by atoms with E-state index in [1.54, 1.807) is 41.6 Å². The standard InChI is InChI=1S/C16H11ClF3N5O2/c17-12-7-13(14(25(26)27)6-11(12)16(18,19)20)23-8-10-1-2-22-15(5-10)24-4-3-21-9-24/h1-7,9,23H,8H2. The SMILES string of the molecule is O=[N+]([O-])c1cc(C(F)(F)F)c(Cl)cc1NCc1ccnc(-n2ccnc2)c1. The highest BCUT2D eigenvalue weighted by atomic mass is 35.5. The van der Waals surface area contributed by atoms with Gasteiger partial charge in [0.2, 0.25) is 0 Å². The molecule has 0 aliphatic heterocycles. The summed E-state index contributed by atoms with van der Waals surface area (Å²) in [5, 5.41) is 13.3. The van der Waals surface area contributed by atoms with Crippen molar-refractivity contribution in [2.75, 3.05) is 5.32 Å². The Bertz CT molecular complexity index is 977. The van der Waals surface area contributed by atoms with Gasteiger partial charge in [0.15, 0.2) is 0 Å². The second-order valence-corrected chi connectivity index (χ2v) is 5.86. The summed E-state index contributed by atoms with van der Waals surface area (Å²) >= 11 is 5.66. The Hall–Kier alpha value is -3.14. The van der Waals surface area contributed by atoms with Crippen molar-refractivity contribution >= 4 is 23.0 Å². The summed E-state index contributed by atoms with van der Waals surface area (Å²) in [4.78, 5) is 18.4. The lowest BCUT2D eigenvalue weighted by molar-refractivity contribution is -0.384. The van der Waals surface area contributed by atoms with E-state index in [0.29, 0.717) is 17.4 Å². The van der Waals surface area contributed by atoms with Gasteiger partial charge in [-0.15, -0.1) is 0 Å². The molecule has 0 atom stereocenters. The normalized spacial score (nSPS) is 11.4. The molecule has 27 heavy (non-hydrogen) atoms. The fourth-order valence-corrected chi connectivity index (χ4v) is 2.65. The molecule has 7 nitrogen and oxygen atoms in total. The number of imidazole rings is 1. The molecule has 3 rings (SSSR count). The second kappa shape index (κ2) is 7.23. The van der Waals surface area contributed by atoms with Crippen molar-refractivity contribution in [3.63, 3.8) is 0 Å². The highest BCUT2D eigenvalue weighted by Crippen LogP contribution is 2.40. The second-order valence-electron chi connectivity index (χ2n) is 5.45. The minimum atomic E-state index is -4.79. The number of alkyl halides is 3. The summed E-state index contributed by atoms with van der Waals surface area (Å²) in [7, 11) is 0. The molecule has 2 aromatic heterocycles. The van der Waals surface area contributed by atoms with Gasteiger partial charge in [0.25, 0.3) is 5.69 Å². The van der Waals surface area contributed by atoms with Crippen molar-refractivity contribution in [3.8, 4) is 5.82 Å². The van der Waals surface area contributed by atoms with Gasteiger partial charge in [-0.3, -0.25) is 14.7 Å². The van der Waals surface area contributed by atoms with Gasteiger partial charge in [0.05, 0.1) is 15.5 Å². The van der Waals surface area contributed by atoms with Crippen molar-refractivity contribution < 1.29 is 18.1 Å². The van der Waals surface area contributed by atoms with E-state index >= 15 is 0 Å². The van der Waals surface area contributed by atoms with Crippen LogP contribution in [0.5, 0.6) is 0 Å². The zero-order chi connectivity index (χ0) is 19.6. The van der Waals surface area contributed by atoms with Gasteiger partial charge in [-0.25, -0.2) is 9.97 Å². The number of nitro benzene ring substituents is 1. The Kier molecular flexibility index (Phi) is 5.00. The summed E-state index contributed by atoms with van der Waals surface area (Å²) in [5.41, 5.74) is -1.37. The van der Waals surface area contributed by atoms with Crippen LogP contribution in [0.1, 0.15) is 11.1 Å². The lowest BCUT2D eigenvalue weighted by Crippen LogP contribution is -2.09. The van der Waals surface area contributed by atoms with E-state index in [9.17, 15) is 23.3 Å². The molecule has 1 aromatic carbocycles. The lowest BCUT2D eigenvalue weighted by Gasteiger charge is -2.13. The zero-order valence-electron chi connectivity index (χ0n) is 13.4. The molecule has 1 N–H and O–H groups in total. The molecule has 2 heterocycles. The maximum atomic E-state index is 12.9. The van der Waals surface area contributed by atoms with Gasteiger partial charge in [-0.1, -0.05) is 11.6 Å². The Morgan fingerprint density at radius 2 is 2.04 bits per heavy atom. The van der Waals surface area contributed by atoms with Gasteiger partial charge >= 0.3 is 6.18 Å². The number of anilines is 1. The van der Waals surface area contributed by atoms with Crippen molar-refractivity contribution in [2.24, 2.45) is 0 Å². The number of hydrogen-bond acceptors (Lipinski definition) is 5. The molecule has 0 spiro atoms. The summed E-state index contributed by atoms with van der Waals surface area (Å²) in [6.45, 7) is 0.118. The zero-order valence-corrected chi connectivity index (χ0v) is 14.2. The molecule has 3 aromatic rings. The summed E-state index contributed by atoms with van der Waals surface area (Å²) in [6.07, 6.45) is 1.59. The highest BCUT2D eigenvalue weighted by Gasteiger charge is 2.36. The summed E-state index contributed by atoms with van der Waals surface area (Å²) in [5.74, 6) is 0.576. The van der Waals surface area contributed by atoms with Crippen LogP contribution in [0.4, 0.5) is 24.5 Å². The third-order valence-electron chi connectivity index (χ3n) is 3.65. The molecule has 11 heteroatoms. The number of pyridine rings is 1. The highest BCUT2D eigenvalue weighted by molar-refractivity contribution is 6.31. The maximum Gasteiger partial charge on any atom is 0.418 e. The number of nitrogens with one attached hydrogen (secondary N) is 1. The van der Waals surface area contributed by atoms with E-state index in [4.69, 9.17) is 11.6 Å². The van der Waals surface area contributed by atoms with Crippen LogP contribution in [0.2, 0.25) is 5.02 Å². The molecule has 0 aliphatic rings. The van der Waals surface area contributed by atoms with Crippen molar-refractivity contribution in [1.29, 1.82) is 0 Å². The largest absolute Gasteiger partial charge is 0.418 e. The molecule has 0 saturated carbocycles. The third-order valence-corrected chi connectivity index (χ3v) is 3.96. The fourth-order valence-electron chi connectivity index (χ4n) is 2.38. The molecular weight excluding hydrogens is 387 g/mol. The molecule has 0 fully saturated rings. The first-order chi connectivity index (χ1) is 12.8. The molecule has 140 valence electrons. The van der Waals surface area contributed by atoms with E-state index in [-0.39, 0.29) is 12.2 Å². The Labute approximate surface area is 155 Å². The fraction of sp³-hybridized carbons (Fsp3) is 0.125. The van der Waals surface area contributed by atoms with Crippen LogP contribution >= 0.6 is 11.6 Å². The Balaban J connectivity index is 1.87. The number of halogens is 4. The summed E-state index contributed by atoms with van der Waals surface area (Å²) in [6, 6.07) is 4.71. The quantitative estimate of drug-likeness (QED) is 0.507. The van der Waals surface area contributed by atoms with Crippen LogP contribution in [-0.4, -0.2) is 19.5 Å². The number of aromatic nitrogens is 3. The molecule has 0 aliphatic carbocycles. The Morgan fingerprint density at radius 1 is 1.26 bits per heavy atom. The number of nitrogens with zero attached hydrogens (tertiary/aromatic N) is 4. The summed E-state index contributed by atoms with van der Waals surface area (Å²) < 4.78 is 40.4. The number of benzene rings is 1. The predicted molar refractivity (Wildman–Crippen MR) is 91.8 cm³/mol. The van der Waals surface area contributed by atoms with Crippen molar-refractivity contribution in [3.05, 3.63) is 75.4 Å². The first-order valence-corrected chi connectivity index (χ1v) is 7.86. The predicted octanol–water partition coefficient (Wildman–Crippen LogP) is 4.46.